The third-order valence-corrected chi connectivity index (χ3v) is 3.57. The van der Waals surface area contributed by atoms with Crippen molar-refractivity contribution in [3.05, 3.63) is 22.7 Å². The van der Waals surface area contributed by atoms with Crippen LogP contribution in [0.5, 0.6) is 0 Å². The van der Waals surface area contributed by atoms with E-state index in [-0.39, 0.29) is 6.10 Å². The van der Waals surface area contributed by atoms with Crippen LogP contribution in [0.4, 0.5) is 11.4 Å². The molecule has 0 saturated carbocycles. The summed E-state index contributed by atoms with van der Waals surface area (Å²) in [5.41, 5.74) is 7.24. The standard InChI is InChI=1S/C13H17ClN2O3/c1-18-9-3-4-16(7-9)12-10(13(17)19-2)5-8(15)6-11(12)14/h5-6,9H,3-4,7,15H2,1-2H3. The van der Waals surface area contributed by atoms with Gasteiger partial charge in [-0.05, 0) is 18.6 Å². The van der Waals surface area contributed by atoms with Gasteiger partial charge in [-0.15, -0.1) is 0 Å². The molecule has 1 aromatic carbocycles. The molecule has 0 bridgehead atoms. The maximum Gasteiger partial charge on any atom is 0.340 e. The first kappa shape index (κ1) is 14.0. The van der Waals surface area contributed by atoms with E-state index in [4.69, 9.17) is 26.8 Å². The van der Waals surface area contributed by atoms with Gasteiger partial charge in [0.25, 0.3) is 0 Å². The van der Waals surface area contributed by atoms with Crippen molar-refractivity contribution < 1.29 is 14.3 Å². The molecular formula is C13H17ClN2O3. The van der Waals surface area contributed by atoms with E-state index >= 15 is 0 Å². The fourth-order valence-electron chi connectivity index (χ4n) is 2.33. The summed E-state index contributed by atoms with van der Waals surface area (Å²) < 4.78 is 10.1. The van der Waals surface area contributed by atoms with Gasteiger partial charge >= 0.3 is 5.97 Å². The quantitative estimate of drug-likeness (QED) is 0.679. The Morgan fingerprint density at radius 1 is 1.47 bits per heavy atom. The largest absolute Gasteiger partial charge is 0.465 e. The zero-order valence-corrected chi connectivity index (χ0v) is 11.7. The predicted octanol–water partition coefficient (Wildman–Crippen LogP) is 1.93. The number of hydrogen-bond donors (Lipinski definition) is 1. The summed E-state index contributed by atoms with van der Waals surface area (Å²) in [6, 6.07) is 3.23. The average Bonchev–Trinajstić information content (AvgIpc) is 2.85. The summed E-state index contributed by atoms with van der Waals surface area (Å²) in [6.07, 6.45) is 1.05. The molecule has 1 aliphatic heterocycles. The molecule has 0 aromatic heterocycles. The molecule has 1 saturated heterocycles. The normalized spacial score (nSPS) is 18.7. The Morgan fingerprint density at radius 2 is 2.21 bits per heavy atom. The van der Waals surface area contributed by atoms with Crippen molar-refractivity contribution in [2.75, 3.05) is 37.9 Å². The third kappa shape index (κ3) is 2.77. The highest BCUT2D eigenvalue weighted by Gasteiger charge is 2.28. The molecule has 104 valence electrons. The Balaban J connectivity index is 2.41. The van der Waals surface area contributed by atoms with Crippen molar-refractivity contribution in [3.8, 4) is 0 Å². The van der Waals surface area contributed by atoms with Crippen molar-refractivity contribution in [2.24, 2.45) is 0 Å². The number of hydrogen-bond acceptors (Lipinski definition) is 5. The molecule has 0 aliphatic carbocycles. The van der Waals surface area contributed by atoms with Gasteiger partial charge in [0.2, 0.25) is 0 Å². The molecule has 1 atom stereocenters. The minimum atomic E-state index is -0.440. The molecule has 6 heteroatoms. The molecule has 1 aromatic rings. The number of ether oxygens (including phenoxy) is 2. The summed E-state index contributed by atoms with van der Waals surface area (Å²) in [5, 5.41) is 0.456. The SMILES string of the molecule is COC(=O)c1cc(N)cc(Cl)c1N1CCC(OC)C1. The first-order valence-electron chi connectivity index (χ1n) is 6.02. The highest BCUT2D eigenvalue weighted by molar-refractivity contribution is 6.34. The second-order valence-electron chi connectivity index (χ2n) is 4.48. The van der Waals surface area contributed by atoms with Gasteiger partial charge in [-0.3, -0.25) is 0 Å². The van der Waals surface area contributed by atoms with Crippen LogP contribution in [0.3, 0.4) is 0 Å². The molecule has 0 amide bonds. The van der Waals surface area contributed by atoms with Gasteiger partial charge in [0.1, 0.15) is 0 Å². The van der Waals surface area contributed by atoms with Crippen LogP contribution < -0.4 is 10.6 Å². The molecule has 0 spiro atoms. The molecule has 19 heavy (non-hydrogen) atoms. The highest BCUT2D eigenvalue weighted by atomic mass is 35.5. The summed E-state index contributed by atoms with van der Waals surface area (Å²) in [7, 11) is 3.02. The van der Waals surface area contributed by atoms with E-state index in [1.54, 1.807) is 19.2 Å². The molecular weight excluding hydrogens is 268 g/mol. The summed E-state index contributed by atoms with van der Waals surface area (Å²) in [4.78, 5) is 13.9. The van der Waals surface area contributed by atoms with Crippen LogP contribution in [0.15, 0.2) is 12.1 Å². The lowest BCUT2D eigenvalue weighted by Gasteiger charge is -2.22. The number of anilines is 2. The van der Waals surface area contributed by atoms with E-state index in [0.717, 1.165) is 13.0 Å². The third-order valence-electron chi connectivity index (χ3n) is 3.29. The topological polar surface area (TPSA) is 64.8 Å². The first-order chi connectivity index (χ1) is 9.06. The summed E-state index contributed by atoms with van der Waals surface area (Å²) >= 11 is 6.24. The summed E-state index contributed by atoms with van der Waals surface area (Å²) in [6.45, 7) is 1.48. The number of carbonyl (C=O) groups is 1. The lowest BCUT2D eigenvalue weighted by atomic mass is 10.1. The molecule has 2 rings (SSSR count). The van der Waals surface area contributed by atoms with Gasteiger partial charge in [-0.25, -0.2) is 4.79 Å². The average molecular weight is 285 g/mol. The smallest absolute Gasteiger partial charge is 0.340 e. The second kappa shape index (κ2) is 5.67. The number of esters is 1. The van der Waals surface area contributed by atoms with Crippen LogP contribution in [-0.2, 0) is 9.47 Å². The second-order valence-corrected chi connectivity index (χ2v) is 4.89. The molecule has 1 fully saturated rings. The molecule has 2 N–H and O–H groups in total. The van der Waals surface area contributed by atoms with Gasteiger partial charge in [0.15, 0.2) is 0 Å². The highest BCUT2D eigenvalue weighted by Crippen LogP contribution is 2.35. The van der Waals surface area contributed by atoms with E-state index in [1.807, 2.05) is 4.90 Å². The van der Waals surface area contributed by atoms with Gasteiger partial charge in [-0.1, -0.05) is 11.6 Å². The van der Waals surface area contributed by atoms with Crippen LogP contribution in [0.1, 0.15) is 16.8 Å². The zero-order chi connectivity index (χ0) is 14.0. The van der Waals surface area contributed by atoms with E-state index < -0.39 is 5.97 Å². The number of halogens is 1. The van der Waals surface area contributed by atoms with Crippen LogP contribution in [-0.4, -0.2) is 39.4 Å². The van der Waals surface area contributed by atoms with E-state index in [2.05, 4.69) is 0 Å². The number of nitrogens with two attached hydrogens (primary N) is 1. The Labute approximate surface area is 117 Å². The van der Waals surface area contributed by atoms with Crippen molar-refractivity contribution >= 4 is 28.9 Å². The number of nitrogen functional groups attached to an aromatic ring is 1. The van der Waals surface area contributed by atoms with E-state index in [0.29, 0.717) is 28.5 Å². The van der Waals surface area contributed by atoms with Gasteiger partial charge in [-0.2, -0.15) is 0 Å². The van der Waals surface area contributed by atoms with Crippen LogP contribution in [0.25, 0.3) is 0 Å². The van der Waals surface area contributed by atoms with Crippen LogP contribution in [0, 0.1) is 0 Å². The fourth-order valence-corrected chi connectivity index (χ4v) is 2.68. The predicted molar refractivity (Wildman–Crippen MR) is 74.8 cm³/mol. The van der Waals surface area contributed by atoms with Crippen LogP contribution >= 0.6 is 11.6 Å². The number of rotatable bonds is 3. The van der Waals surface area contributed by atoms with Gasteiger partial charge in [0.05, 0.1) is 29.5 Å². The van der Waals surface area contributed by atoms with Gasteiger partial charge < -0.3 is 20.1 Å². The zero-order valence-electron chi connectivity index (χ0n) is 11.0. The monoisotopic (exact) mass is 284 g/mol. The lowest BCUT2D eigenvalue weighted by molar-refractivity contribution is 0.0601. The van der Waals surface area contributed by atoms with Crippen molar-refractivity contribution in [1.29, 1.82) is 0 Å². The summed E-state index contributed by atoms with van der Waals surface area (Å²) in [5.74, 6) is -0.440. The molecule has 1 unspecified atom stereocenters. The minimum Gasteiger partial charge on any atom is -0.465 e. The maximum atomic E-state index is 11.9. The van der Waals surface area contributed by atoms with Crippen molar-refractivity contribution in [2.45, 2.75) is 12.5 Å². The Hall–Kier alpha value is -1.46. The minimum absolute atomic E-state index is 0.152. The Bertz CT molecular complexity index is 493. The fraction of sp³-hybridized carbons (Fsp3) is 0.462. The lowest BCUT2D eigenvalue weighted by Crippen LogP contribution is -2.25. The van der Waals surface area contributed by atoms with E-state index in [9.17, 15) is 4.79 Å². The number of methoxy groups -OCH3 is 2. The van der Waals surface area contributed by atoms with Gasteiger partial charge in [0, 0.05) is 25.9 Å². The molecule has 1 heterocycles. The van der Waals surface area contributed by atoms with Crippen molar-refractivity contribution in [1.82, 2.24) is 0 Å². The molecule has 0 radical (unpaired) electrons. The number of benzene rings is 1. The molecule has 5 nitrogen and oxygen atoms in total. The number of nitrogens with zero attached hydrogens (tertiary/aromatic N) is 1. The Kier molecular flexibility index (Phi) is 4.17. The van der Waals surface area contributed by atoms with Crippen LogP contribution in [0.2, 0.25) is 5.02 Å². The first-order valence-corrected chi connectivity index (χ1v) is 6.39. The molecule has 1 aliphatic rings. The van der Waals surface area contributed by atoms with E-state index in [1.165, 1.54) is 7.11 Å². The maximum absolute atomic E-state index is 11.9. The number of carbonyl (C=O) groups excluding carboxylic acids is 1. The Morgan fingerprint density at radius 3 is 2.79 bits per heavy atom. The van der Waals surface area contributed by atoms with Crippen molar-refractivity contribution in [3.63, 3.8) is 0 Å².